The number of hydrogen-bond donors (Lipinski definition) is 0. The lowest BCUT2D eigenvalue weighted by Gasteiger charge is -2.53. The van der Waals surface area contributed by atoms with E-state index in [0.29, 0.717) is 23.5 Å². The van der Waals surface area contributed by atoms with Crippen LogP contribution in [0, 0.1) is 17.3 Å². The predicted octanol–water partition coefficient (Wildman–Crippen LogP) is 4.71. The van der Waals surface area contributed by atoms with Crippen LogP contribution in [0.25, 0.3) is 0 Å². The molecule has 1 aliphatic heterocycles. The molecule has 1 aromatic carbocycles. The number of aryl methyl sites for hydroxylation is 1. The zero-order chi connectivity index (χ0) is 22.7. The van der Waals surface area contributed by atoms with Crippen LogP contribution >= 0.6 is 0 Å². The molecule has 1 saturated heterocycles. The summed E-state index contributed by atoms with van der Waals surface area (Å²) in [6.45, 7) is 4.11. The number of methoxy groups -OCH3 is 3. The van der Waals surface area contributed by atoms with Crippen molar-refractivity contribution in [3.63, 3.8) is 0 Å². The molecule has 1 spiro atoms. The number of carbonyl (C=O) groups is 1. The number of hydrogen-bond acceptors (Lipinski definition) is 6. The number of fused-ring (bicyclic) bond motifs is 6. The topological polar surface area (TPSA) is 63.2 Å². The van der Waals surface area contributed by atoms with Gasteiger partial charge in [-0.3, -0.25) is 0 Å². The first-order valence-corrected chi connectivity index (χ1v) is 11.7. The highest BCUT2D eigenvalue weighted by molar-refractivity contribution is 5.82. The third kappa shape index (κ3) is 2.95. The maximum Gasteiger partial charge on any atom is 0.333 e. The van der Waals surface area contributed by atoms with Gasteiger partial charge in [-0.1, -0.05) is 13.0 Å². The van der Waals surface area contributed by atoms with E-state index in [1.807, 2.05) is 0 Å². The van der Waals surface area contributed by atoms with Crippen molar-refractivity contribution in [2.45, 2.75) is 69.9 Å². The number of carbonyl (C=O) groups excluding carboxylic acids is 1. The van der Waals surface area contributed by atoms with Crippen LogP contribution in [0.2, 0.25) is 0 Å². The Morgan fingerprint density at radius 3 is 2.66 bits per heavy atom. The third-order valence-electron chi connectivity index (χ3n) is 8.93. The Morgan fingerprint density at radius 2 is 1.94 bits per heavy atom. The molecule has 3 fully saturated rings. The van der Waals surface area contributed by atoms with Crippen molar-refractivity contribution >= 4 is 5.97 Å². The minimum Gasteiger partial charge on any atom is -0.497 e. The van der Waals surface area contributed by atoms with Gasteiger partial charge in [-0.2, -0.15) is 0 Å². The van der Waals surface area contributed by atoms with E-state index in [4.69, 9.17) is 23.7 Å². The molecule has 1 heterocycles. The summed E-state index contributed by atoms with van der Waals surface area (Å²) in [6.07, 6.45) is 7.67. The van der Waals surface area contributed by atoms with Gasteiger partial charge in [-0.15, -0.1) is 0 Å². The highest BCUT2D eigenvalue weighted by Crippen LogP contribution is 2.69. The normalized spacial score (nSPS) is 41.0. The largest absolute Gasteiger partial charge is 0.497 e. The number of benzene rings is 1. The number of rotatable bonds is 3. The standard InChI is InChI=1S/C26H34O6/c1-24-12-10-19-18-9-7-17(28-3)14-16(18)6-8-20(19)21(24)11-13-26(24)22(15-23(27)29-4)31-25(2,30-5)32-26/h7,9,14-15,19-21H,6,8,10-13H2,1-5H3/b22-15+/t19-,20-,21+,24+,25?,26-/m1/s1. The van der Waals surface area contributed by atoms with E-state index in [9.17, 15) is 4.79 Å². The van der Waals surface area contributed by atoms with Crippen molar-refractivity contribution < 1.29 is 28.5 Å². The van der Waals surface area contributed by atoms with Crippen LogP contribution in [0.1, 0.15) is 63.0 Å². The van der Waals surface area contributed by atoms with Gasteiger partial charge in [-0.05, 0) is 79.5 Å². The fourth-order valence-corrected chi connectivity index (χ4v) is 7.32. The fourth-order valence-electron chi connectivity index (χ4n) is 7.32. The maximum absolute atomic E-state index is 12.2. The zero-order valence-electron chi connectivity index (χ0n) is 19.7. The second kappa shape index (κ2) is 7.49. The molecule has 1 unspecified atom stereocenters. The molecule has 6 atom stereocenters. The van der Waals surface area contributed by atoms with Gasteiger partial charge in [-0.25, -0.2) is 4.79 Å². The first-order chi connectivity index (χ1) is 15.3. The molecule has 0 amide bonds. The van der Waals surface area contributed by atoms with Crippen molar-refractivity contribution in [2.24, 2.45) is 17.3 Å². The fraction of sp³-hybridized carbons (Fsp3) is 0.654. The maximum atomic E-state index is 12.2. The van der Waals surface area contributed by atoms with Crippen molar-refractivity contribution in [3.05, 3.63) is 41.2 Å². The van der Waals surface area contributed by atoms with Gasteiger partial charge in [0.2, 0.25) is 0 Å². The molecule has 1 aromatic rings. The lowest BCUT2D eigenvalue weighted by Crippen LogP contribution is -2.52. The number of ether oxygens (including phenoxy) is 5. The first-order valence-electron chi connectivity index (χ1n) is 11.7. The quantitative estimate of drug-likeness (QED) is 0.499. The Labute approximate surface area is 190 Å². The molecule has 6 heteroatoms. The molecular formula is C26H34O6. The third-order valence-corrected chi connectivity index (χ3v) is 8.93. The van der Waals surface area contributed by atoms with Crippen molar-refractivity contribution in [2.75, 3.05) is 21.3 Å². The van der Waals surface area contributed by atoms with E-state index in [2.05, 4.69) is 25.1 Å². The summed E-state index contributed by atoms with van der Waals surface area (Å²) in [4.78, 5) is 12.2. The van der Waals surface area contributed by atoms with Gasteiger partial charge in [0.1, 0.15) is 17.1 Å². The van der Waals surface area contributed by atoms with E-state index in [1.165, 1.54) is 30.7 Å². The van der Waals surface area contributed by atoms with Crippen LogP contribution < -0.4 is 4.74 Å². The van der Waals surface area contributed by atoms with E-state index in [0.717, 1.165) is 37.9 Å². The smallest absolute Gasteiger partial charge is 0.333 e. The highest BCUT2D eigenvalue weighted by Gasteiger charge is 2.70. The summed E-state index contributed by atoms with van der Waals surface area (Å²) in [6, 6.07) is 6.59. The monoisotopic (exact) mass is 442 g/mol. The second-order valence-corrected chi connectivity index (χ2v) is 10.1. The minimum atomic E-state index is -1.20. The van der Waals surface area contributed by atoms with Gasteiger partial charge in [0, 0.05) is 19.4 Å². The molecule has 3 aliphatic carbocycles. The summed E-state index contributed by atoms with van der Waals surface area (Å²) < 4.78 is 28.7. The summed E-state index contributed by atoms with van der Waals surface area (Å²) in [5.41, 5.74) is 2.09. The highest BCUT2D eigenvalue weighted by atomic mass is 16.9. The molecule has 174 valence electrons. The molecule has 0 bridgehead atoms. The molecule has 6 nitrogen and oxygen atoms in total. The van der Waals surface area contributed by atoms with Gasteiger partial charge < -0.3 is 23.7 Å². The number of esters is 1. The molecule has 0 N–H and O–H groups in total. The molecule has 0 radical (unpaired) electrons. The van der Waals surface area contributed by atoms with Crippen LogP contribution in [0.5, 0.6) is 5.75 Å². The van der Waals surface area contributed by atoms with Crippen LogP contribution in [0.3, 0.4) is 0 Å². The Morgan fingerprint density at radius 1 is 1.12 bits per heavy atom. The summed E-state index contributed by atoms with van der Waals surface area (Å²) in [7, 11) is 4.69. The molecule has 4 aliphatic rings. The Balaban J connectivity index is 1.52. The van der Waals surface area contributed by atoms with Crippen LogP contribution in [0.4, 0.5) is 0 Å². The molecular weight excluding hydrogens is 408 g/mol. The average molecular weight is 443 g/mol. The lowest BCUT2D eigenvalue weighted by molar-refractivity contribution is -0.331. The summed E-state index contributed by atoms with van der Waals surface area (Å²) in [5, 5.41) is 0. The molecule has 5 rings (SSSR count). The van der Waals surface area contributed by atoms with Crippen LogP contribution in [0.15, 0.2) is 30.0 Å². The van der Waals surface area contributed by atoms with Gasteiger partial charge >= 0.3 is 11.9 Å². The summed E-state index contributed by atoms with van der Waals surface area (Å²) in [5.74, 6) is 1.50. The zero-order valence-corrected chi connectivity index (χ0v) is 19.7. The van der Waals surface area contributed by atoms with Gasteiger partial charge in [0.05, 0.1) is 20.3 Å². The van der Waals surface area contributed by atoms with E-state index >= 15 is 0 Å². The van der Waals surface area contributed by atoms with Crippen molar-refractivity contribution in [3.8, 4) is 5.75 Å². The molecule has 32 heavy (non-hydrogen) atoms. The van der Waals surface area contributed by atoms with Gasteiger partial charge in [0.25, 0.3) is 0 Å². The van der Waals surface area contributed by atoms with Crippen molar-refractivity contribution in [1.29, 1.82) is 0 Å². The van der Waals surface area contributed by atoms with Crippen LogP contribution in [-0.4, -0.2) is 38.9 Å². The Hall–Kier alpha value is -2.05. The molecule has 2 saturated carbocycles. The van der Waals surface area contributed by atoms with E-state index in [1.54, 1.807) is 21.1 Å². The van der Waals surface area contributed by atoms with Crippen LogP contribution in [-0.2, 0) is 30.2 Å². The summed E-state index contributed by atoms with van der Waals surface area (Å²) >= 11 is 0. The lowest BCUT2D eigenvalue weighted by atomic mass is 9.53. The van der Waals surface area contributed by atoms with Gasteiger partial charge in [0.15, 0.2) is 0 Å². The Kier molecular flexibility index (Phi) is 5.10. The van der Waals surface area contributed by atoms with E-state index in [-0.39, 0.29) is 5.41 Å². The SMILES string of the molecule is COC(=O)/C=C1/OC(C)(OC)O[C@]12CC[C@H]1[C@@H]3CCc4cc(OC)ccc4[C@H]3CC[C@@]12C. The second-order valence-electron chi connectivity index (χ2n) is 10.1. The van der Waals surface area contributed by atoms with Crippen molar-refractivity contribution in [1.82, 2.24) is 0 Å². The predicted molar refractivity (Wildman–Crippen MR) is 118 cm³/mol. The molecule has 0 aromatic heterocycles. The Bertz CT molecular complexity index is 956. The average Bonchev–Trinajstić information content (AvgIpc) is 3.27. The minimum absolute atomic E-state index is 0.145. The van der Waals surface area contributed by atoms with E-state index < -0.39 is 17.5 Å². The first kappa shape index (κ1) is 21.8.